The van der Waals surface area contributed by atoms with Crippen LogP contribution in [0.2, 0.25) is 0 Å². The van der Waals surface area contributed by atoms with E-state index in [9.17, 15) is 9.59 Å². The minimum Gasteiger partial charge on any atom is -0.370 e. The molecule has 2 saturated heterocycles. The average Bonchev–Trinajstić information content (AvgIpc) is 2.90. The first kappa shape index (κ1) is 13.9. The molecule has 2 heterocycles. The zero-order chi connectivity index (χ0) is 14.8. The van der Waals surface area contributed by atoms with Crippen LogP contribution in [-0.4, -0.2) is 31.4 Å². The highest BCUT2D eigenvalue weighted by Crippen LogP contribution is 2.34. The van der Waals surface area contributed by atoms with Gasteiger partial charge >= 0.3 is 0 Å². The molecular formula is C16H21N3O2. The van der Waals surface area contributed by atoms with Crippen LogP contribution in [0, 0.1) is 5.92 Å². The van der Waals surface area contributed by atoms with Gasteiger partial charge in [0.2, 0.25) is 11.8 Å². The Morgan fingerprint density at radius 3 is 2.38 bits per heavy atom. The molecule has 0 aliphatic carbocycles. The van der Waals surface area contributed by atoms with E-state index in [-0.39, 0.29) is 24.2 Å². The van der Waals surface area contributed by atoms with Crippen molar-refractivity contribution in [2.75, 3.05) is 29.4 Å². The number of para-hydroxylation sites is 2. The maximum absolute atomic E-state index is 12.2. The molecule has 1 unspecified atom stereocenters. The molecule has 2 aliphatic heterocycles. The minimum atomic E-state index is -0.388. The molecule has 1 atom stereocenters. The Bertz CT molecular complexity index is 552. The van der Waals surface area contributed by atoms with E-state index in [0.29, 0.717) is 6.54 Å². The molecule has 112 valence electrons. The fourth-order valence-electron chi connectivity index (χ4n) is 3.23. The summed E-state index contributed by atoms with van der Waals surface area (Å²) in [5.41, 5.74) is 7.36. The standard InChI is InChI=1S/C16H21N3O2/c17-16(21)12-10-15(20)19(11-12)14-7-3-2-6-13(14)18-8-4-1-5-9-18/h2-3,6-7,12H,1,4-5,8-11H2,(H2,17,21). The monoisotopic (exact) mass is 287 g/mol. The number of nitrogens with zero attached hydrogens (tertiary/aromatic N) is 2. The van der Waals surface area contributed by atoms with E-state index in [4.69, 9.17) is 5.73 Å². The molecule has 2 aliphatic rings. The topological polar surface area (TPSA) is 66.6 Å². The van der Waals surface area contributed by atoms with Crippen LogP contribution in [0.15, 0.2) is 24.3 Å². The molecule has 0 saturated carbocycles. The van der Waals surface area contributed by atoms with Gasteiger partial charge in [-0.3, -0.25) is 9.59 Å². The first-order valence-electron chi connectivity index (χ1n) is 7.60. The second-order valence-electron chi connectivity index (χ2n) is 5.84. The highest BCUT2D eigenvalue weighted by Gasteiger charge is 2.35. The van der Waals surface area contributed by atoms with Gasteiger partial charge in [-0.25, -0.2) is 0 Å². The maximum Gasteiger partial charge on any atom is 0.227 e. The summed E-state index contributed by atoms with van der Waals surface area (Å²) in [6.45, 7) is 2.45. The van der Waals surface area contributed by atoms with Crippen molar-refractivity contribution in [2.45, 2.75) is 25.7 Å². The van der Waals surface area contributed by atoms with Crippen molar-refractivity contribution in [2.24, 2.45) is 11.7 Å². The second kappa shape index (κ2) is 5.76. The van der Waals surface area contributed by atoms with Gasteiger partial charge < -0.3 is 15.5 Å². The van der Waals surface area contributed by atoms with Gasteiger partial charge in [0.15, 0.2) is 0 Å². The fraction of sp³-hybridized carbons (Fsp3) is 0.500. The van der Waals surface area contributed by atoms with Gasteiger partial charge in [0.05, 0.1) is 17.3 Å². The lowest BCUT2D eigenvalue weighted by atomic mass is 10.1. The predicted octanol–water partition coefficient (Wildman–Crippen LogP) is 1.52. The molecule has 1 aromatic rings. The zero-order valence-corrected chi connectivity index (χ0v) is 12.1. The second-order valence-corrected chi connectivity index (χ2v) is 5.84. The van der Waals surface area contributed by atoms with Crippen molar-refractivity contribution in [1.29, 1.82) is 0 Å². The van der Waals surface area contributed by atoms with E-state index >= 15 is 0 Å². The summed E-state index contributed by atoms with van der Waals surface area (Å²) in [5, 5.41) is 0. The number of hydrogen-bond donors (Lipinski definition) is 1. The minimum absolute atomic E-state index is 0.0109. The van der Waals surface area contributed by atoms with Gasteiger partial charge in [-0.2, -0.15) is 0 Å². The van der Waals surface area contributed by atoms with E-state index in [2.05, 4.69) is 11.0 Å². The Labute approximate surface area is 124 Å². The average molecular weight is 287 g/mol. The van der Waals surface area contributed by atoms with Crippen LogP contribution in [0.3, 0.4) is 0 Å². The number of piperidine rings is 1. The summed E-state index contributed by atoms with van der Waals surface area (Å²) in [4.78, 5) is 27.6. The van der Waals surface area contributed by atoms with Crippen LogP contribution in [0.4, 0.5) is 11.4 Å². The van der Waals surface area contributed by atoms with Crippen molar-refractivity contribution < 1.29 is 9.59 Å². The third-order valence-corrected chi connectivity index (χ3v) is 4.40. The number of carbonyl (C=O) groups is 2. The lowest BCUT2D eigenvalue weighted by Crippen LogP contribution is -2.33. The van der Waals surface area contributed by atoms with E-state index in [1.54, 1.807) is 4.90 Å². The molecule has 0 radical (unpaired) electrons. The molecule has 5 heteroatoms. The predicted molar refractivity (Wildman–Crippen MR) is 82.2 cm³/mol. The third-order valence-electron chi connectivity index (χ3n) is 4.40. The summed E-state index contributed by atoms with van der Waals surface area (Å²) in [7, 11) is 0. The molecule has 2 fully saturated rings. The number of primary amides is 1. The highest BCUT2D eigenvalue weighted by molar-refractivity contribution is 6.02. The van der Waals surface area contributed by atoms with Crippen molar-refractivity contribution in [1.82, 2.24) is 0 Å². The molecule has 0 spiro atoms. The lowest BCUT2D eigenvalue weighted by molar-refractivity contribution is -0.123. The quantitative estimate of drug-likeness (QED) is 0.916. The number of nitrogens with two attached hydrogens (primary N) is 1. The van der Waals surface area contributed by atoms with Crippen molar-refractivity contribution >= 4 is 23.2 Å². The van der Waals surface area contributed by atoms with E-state index < -0.39 is 0 Å². The molecule has 2 N–H and O–H groups in total. The molecule has 1 aromatic carbocycles. The maximum atomic E-state index is 12.2. The fourth-order valence-corrected chi connectivity index (χ4v) is 3.23. The van der Waals surface area contributed by atoms with E-state index in [0.717, 1.165) is 24.5 Å². The van der Waals surface area contributed by atoms with Crippen LogP contribution in [-0.2, 0) is 9.59 Å². The normalized spacial score (nSPS) is 22.7. The molecular weight excluding hydrogens is 266 g/mol. The Morgan fingerprint density at radius 2 is 1.76 bits per heavy atom. The van der Waals surface area contributed by atoms with Crippen LogP contribution < -0.4 is 15.5 Å². The van der Waals surface area contributed by atoms with Crippen molar-refractivity contribution in [3.05, 3.63) is 24.3 Å². The summed E-state index contributed by atoms with van der Waals surface area (Å²) >= 11 is 0. The number of carbonyl (C=O) groups excluding carboxylic acids is 2. The van der Waals surface area contributed by atoms with Crippen molar-refractivity contribution in [3.8, 4) is 0 Å². The van der Waals surface area contributed by atoms with Gasteiger partial charge in [-0.05, 0) is 31.4 Å². The number of anilines is 2. The summed E-state index contributed by atoms with van der Waals surface area (Å²) in [5.74, 6) is -0.767. The highest BCUT2D eigenvalue weighted by atomic mass is 16.2. The Hall–Kier alpha value is -2.04. The third kappa shape index (κ3) is 2.73. The van der Waals surface area contributed by atoms with Gasteiger partial charge in [-0.15, -0.1) is 0 Å². The molecule has 3 rings (SSSR count). The largest absolute Gasteiger partial charge is 0.370 e. The van der Waals surface area contributed by atoms with E-state index in [1.165, 1.54) is 19.3 Å². The molecule has 2 amide bonds. The first-order chi connectivity index (χ1) is 10.2. The van der Waals surface area contributed by atoms with Gasteiger partial charge in [0.25, 0.3) is 0 Å². The van der Waals surface area contributed by atoms with Gasteiger partial charge in [0, 0.05) is 26.1 Å². The molecule has 21 heavy (non-hydrogen) atoms. The SMILES string of the molecule is NC(=O)C1CC(=O)N(c2ccccc2N2CCCCC2)C1. The summed E-state index contributed by atoms with van der Waals surface area (Å²) < 4.78 is 0. The molecule has 0 bridgehead atoms. The van der Waals surface area contributed by atoms with Gasteiger partial charge in [-0.1, -0.05) is 12.1 Å². The smallest absolute Gasteiger partial charge is 0.227 e. The van der Waals surface area contributed by atoms with Crippen LogP contribution >= 0.6 is 0 Å². The first-order valence-corrected chi connectivity index (χ1v) is 7.60. The number of amides is 2. The van der Waals surface area contributed by atoms with Crippen molar-refractivity contribution in [3.63, 3.8) is 0 Å². The zero-order valence-electron chi connectivity index (χ0n) is 12.1. The summed E-state index contributed by atoms with van der Waals surface area (Å²) in [6.07, 6.45) is 3.87. The Balaban J connectivity index is 1.88. The van der Waals surface area contributed by atoms with Gasteiger partial charge in [0.1, 0.15) is 0 Å². The van der Waals surface area contributed by atoms with Crippen LogP contribution in [0.5, 0.6) is 0 Å². The number of hydrogen-bond acceptors (Lipinski definition) is 3. The number of rotatable bonds is 3. The molecule has 0 aromatic heterocycles. The summed E-state index contributed by atoms with van der Waals surface area (Å²) in [6, 6.07) is 7.96. The molecule has 5 nitrogen and oxygen atoms in total. The van der Waals surface area contributed by atoms with Crippen LogP contribution in [0.25, 0.3) is 0 Å². The van der Waals surface area contributed by atoms with E-state index in [1.807, 2.05) is 18.2 Å². The Kier molecular flexibility index (Phi) is 3.82. The number of benzene rings is 1. The Morgan fingerprint density at radius 1 is 1.10 bits per heavy atom. The lowest BCUT2D eigenvalue weighted by Gasteiger charge is -2.32. The van der Waals surface area contributed by atoms with Crippen LogP contribution in [0.1, 0.15) is 25.7 Å².